The molecule has 0 aromatic rings. The van der Waals surface area contributed by atoms with Crippen LogP contribution in [-0.4, -0.2) is 29.2 Å². The maximum Gasteiger partial charge on any atom is 0.239 e. The van der Waals surface area contributed by atoms with E-state index in [4.69, 9.17) is 5.73 Å². The van der Waals surface area contributed by atoms with Crippen molar-refractivity contribution in [2.24, 2.45) is 11.7 Å². The first-order chi connectivity index (χ1) is 7.41. The summed E-state index contributed by atoms with van der Waals surface area (Å²) in [6, 6.07) is 0. The number of aliphatic hydroxyl groups excluding tert-OH is 1. The average Bonchev–Trinajstić information content (AvgIpc) is 2.19. The Morgan fingerprint density at radius 3 is 2.62 bits per heavy atom. The average molecular weight is 228 g/mol. The Labute approximate surface area is 97.6 Å². The molecule has 0 aromatic heterocycles. The Balaban J connectivity index is 2.22. The quantitative estimate of drug-likeness (QED) is 0.665. The van der Waals surface area contributed by atoms with E-state index in [0.717, 1.165) is 25.7 Å². The largest absolute Gasteiger partial charge is 0.393 e. The van der Waals surface area contributed by atoms with Crippen molar-refractivity contribution >= 4 is 5.91 Å². The SMILES string of the molecule is CC(C)(N)C(=O)NCC[C@@H]1CCCC[C@H]1O. The molecule has 4 nitrogen and oxygen atoms in total. The lowest BCUT2D eigenvalue weighted by Crippen LogP contribution is -2.49. The third-order valence-electron chi connectivity index (χ3n) is 3.25. The van der Waals surface area contributed by atoms with E-state index in [-0.39, 0.29) is 12.0 Å². The molecule has 0 saturated heterocycles. The molecular formula is C12H24N2O2. The van der Waals surface area contributed by atoms with Crippen molar-refractivity contribution in [1.29, 1.82) is 0 Å². The molecule has 0 aliphatic heterocycles. The fourth-order valence-electron chi connectivity index (χ4n) is 2.12. The molecule has 4 N–H and O–H groups in total. The maximum absolute atomic E-state index is 11.5. The van der Waals surface area contributed by atoms with E-state index in [9.17, 15) is 9.90 Å². The highest BCUT2D eigenvalue weighted by molar-refractivity contribution is 5.84. The first kappa shape index (κ1) is 13.5. The Morgan fingerprint density at radius 1 is 1.44 bits per heavy atom. The molecule has 16 heavy (non-hydrogen) atoms. The van der Waals surface area contributed by atoms with Gasteiger partial charge in [0.15, 0.2) is 0 Å². The highest BCUT2D eigenvalue weighted by atomic mass is 16.3. The van der Waals surface area contributed by atoms with Crippen LogP contribution in [-0.2, 0) is 4.79 Å². The highest BCUT2D eigenvalue weighted by Crippen LogP contribution is 2.26. The second-order valence-electron chi connectivity index (χ2n) is 5.38. The Morgan fingerprint density at radius 2 is 2.06 bits per heavy atom. The molecule has 0 bridgehead atoms. The summed E-state index contributed by atoms with van der Waals surface area (Å²) >= 11 is 0. The fourth-order valence-corrected chi connectivity index (χ4v) is 2.12. The van der Waals surface area contributed by atoms with E-state index >= 15 is 0 Å². The summed E-state index contributed by atoms with van der Waals surface area (Å²) in [7, 11) is 0. The second kappa shape index (κ2) is 5.64. The summed E-state index contributed by atoms with van der Waals surface area (Å²) < 4.78 is 0. The summed E-state index contributed by atoms with van der Waals surface area (Å²) in [5, 5.41) is 12.6. The molecule has 0 spiro atoms. The van der Waals surface area contributed by atoms with Gasteiger partial charge in [0.25, 0.3) is 0 Å². The topological polar surface area (TPSA) is 75.4 Å². The third-order valence-corrected chi connectivity index (χ3v) is 3.25. The van der Waals surface area contributed by atoms with E-state index in [0.29, 0.717) is 12.5 Å². The standard InChI is InChI=1S/C12H24N2O2/c1-12(2,13)11(16)14-8-7-9-5-3-4-6-10(9)15/h9-10,15H,3-8,13H2,1-2H3,(H,14,16)/t9-,10+/m0/s1. The summed E-state index contributed by atoms with van der Waals surface area (Å²) in [6.45, 7) is 4.00. The zero-order valence-electron chi connectivity index (χ0n) is 10.3. The van der Waals surface area contributed by atoms with Crippen molar-refractivity contribution in [1.82, 2.24) is 5.32 Å². The number of rotatable bonds is 4. The smallest absolute Gasteiger partial charge is 0.239 e. The van der Waals surface area contributed by atoms with Gasteiger partial charge in [0.1, 0.15) is 0 Å². The van der Waals surface area contributed by atoms with Crippen molar-refractivity contribution in [3.8, 4) is 0 Å². The van der Waals surface area contributed by atoms with Crippen molar-refractivity contribution in [2.75, 3.05) is 6.54 Å². The van der Waals surface area contributed by atoms with Gasteiger partial charge >= 0.3 is 0 Å². The van der Waals surface area contributed by atoms with Crippen LogP contribution in [0.15, 0.2) is 0 Å². The van der Waals surface area contributed by atoms with Crippen LogP contribution in [0.3, 0.4) is 0 Å². The van der Waals surface area contributed by atoms with Crippen LogP contribution in [0.2, 0.25) is 0 Å². The first-order valence-corrected chi connectivity index (χ1v) is 6.16. The zero-order valence-corrected chi connectivity index (χ0v) is 10.3. The fraction of sp³-hybridized carbons (Fsp3) is 0.917. The maximum atomic E-state index is 11.5. The summed E-state index contributed by atoms with van der Waals surface area (Å²) in [5.74, 6) is 0.215. The molecule has 1 aliphatic rings. The Kier molecular flexibility index (Phi) is 4.74. The predicted octanol–water partition coefficient (Wildman–Crippen LogP) is 0.781. The molecular weight excluding hydrogens is 204 g/mol. The molecule has 2 atom stereocenters. The summed E-state index contributed by atoms with van der Waals surface area (Å²) in [5.41, 5.74) is 4.85. The van der Waals surface area contributed by atoms with Crippen LogP contribution in [0.5, 0.6) is 0 Å². The minimum atomic E-state index is -0.814. The number of carbonyl (C=O) groups excluding carboxylic acids is 1. The van der Waals surface area contributed by atoms with Gasteiger partial charge in [-0.3, -0.25) is 4.79 Å². The second-order valence-corrected chi connectivity index (χ2v) is 5.38. The van der Waals surface area contributed by atoms with Gasteiger partial charge in [-0.1, -0.05) is 12.8 Å². The molecule has 1 rings (SSSR count). The van der Waals surface area contributed by atoms with Gasteiger partial charge in [-0.05, 0) is 39.0 Å². The van der Waals surface area contributed by atoms with Crippen LogP contribution in [0.1, 0.15) is 46.0 Å². The number of hydrogen-bond acceptors (Lipinski definition) is 3. The van der Waals surface area contributed by atoms with Crippen LogP contribution in [0, 0.1) is 5.92 Å². The minimum absolute atomic E-state index is 0.127. The van der Waals surface area contributed by atoms with Crippen molar-refractivity contribution in [3.05, 3.63) is 0 Å². The highest BCUT2D eigenvalue weighted by Gasteiger charge is 2.24. The van der Waals surface area contributed by atoms with Crippen LogP contribution < -0.4 is 11.1 Å². The third kappa shape index (κ3) is 4.10. The number of carbonyl (C=O) groups is 1. The predicted molar refractivity (Wildman–Crippen MR) is 63.9 cm³/mol. The number of amides is 1. The number of nitrogens with one attached hydrogen (secondary N) is 1. The summed E-state index contributed by atoms with van der Waals surface area (Å²) in [4.78, 5) is 11.5. The lowest BCUT2D eigenvalue weighted by molar-refractivity contribution is -0.125. The molecule has 0 unspecified atom stereocenters. The van der Waals surface area contributed by atoms with E-state index in [1.54, 1.807) is 13.8 Å². The number of aliphatic hydroxyl groups is 1. The molecule has 1 aliphatic carbocycles. The molecule has 0 aromatic carbocycles. The molecule has 0 radical (unpaired) electrons. The number of nitrogens with two attached hydrogens (primary N) is 1. The zero-order chi connectivity index (χ0) is 12.2. The van der Waals surface area contributed by atoms with Crippen LogP contribution in [0.25, 0.3) is 0 Å². The monoisotopic (exact) mass is 228 g/mol. The minimum Gasteiger partial charge on any atom is -0.393 e. The molecule has 4 heteroatoms. The Hall–Kier alpha value is -0.610. The van der Waals surface area contributed by atoms with Crippen molar-refractivity contribution in [3.63, 3.8) is 0 Å². The molecule has 94 valence electrons. The van der Waals surface area contributed by atoms with Gasteiger partial charge in [-0.15, -0.1) is 0 Å². The van der Waals surface area contributed by atoms with E-state index in [1.165, 1.54) is 6.42 Å². The summed E-state index contributed by atoms with van der Waals surface area (Å²) in [6.07, 6.45) is 4.96. The lowest BCUT2D eigenvalue weighted by Gasteiger charge is -2.28. The molecule has 1 fully saturated rings. The lowest BCUT2D eigenvalue weighted by atomic mass is 9.84. The van der Waals surface area contributed by atoms with Crippen molar-refractivity contribution in [2.45, 2.75) is 57.6 Å². The first-order valence-electron chi connectivity index (χ1n) is 6.16. The van der Waals surface area contributed by atoms with Gasteiger partial charge in [0.2, 0.25) is 5.91 Å². The van der Waals surface area contributed by atoms with Gasteiger partial charge < -0.3 is 16.2 Å². The van der Waals surface area contributed by atoms with E-state index in [2.05, 4.69) is 5.32 Å². The van der Waals surface area contributed by atoms with Crippen LogP contribution in [0.4, 0.5) is 0 Å². The van der Waals surface area contributed by atoms with Gasteiger partial charge in [-0.2, -0.15) is 0 Å². The molecule has 1 amide bonds. The number of hydrogen-bond donors (Lipinski definition) is 3. The van der Waals surface area contributed by atoms with Gasteiger partial charge in [0.05, 0.1) is 11.6 Å². The van der Waals surface area contributed by atoms with E-state index < -0.39 is 5.54 Å². The van der Waals surface area contributed by atoms with Gasteiger partial charge in [-0.25, -0.2) is 0 Å². The normalized spacial score (nSPS) is 26.5. The van der Waals surface area contributed by atoms with E-state index in [1.807, 2.05) is 0 Å². The van der Waals surface area contributed by atoms with Crippen LogP contribution >= 0.6 is 0 Å². The van der Waals surface area contributed by atoms with Crippen molar-refractivity contribution < 1.29 is 9.90 Å². The molecule has 1 saturated carbocycles. The van der Waals surface area contributed by atoms with Gasteiger partial charge in [0, 0.05) is 6.54 Å². The Bertz CT molecular complexity index is 236. The molecule has 0 heterocycles.